The van der Waals surface area contributed by atoms with Crippen molar-refractivity contribution in [2.75, 3.05) is 45.2 Å². The smallest absolute Gasteiger partial charge is 0.232 e. The van der Waals surface area contributed by atoms with E-state index in [4.69, 9.17) is 4.74 Å². The Bertz CT molecular complexity index is 802. The van der Waals surface area contributed by atoms with Gasteiger partial charge in [0.2, 0.25) is 11.8 Å². The van der Waals surface area contributed by atoms with E-state index in [1.54, 1.807) is 24.0 Å². The van der Waals surface area contributed by atoms with Gasteiger partial charge in [0.15, 0.2) is 0 Å². The van der Waals surface area contributed by atoms with Crippen molar-refractivity contribution in [3.05, 3.63) is 60.2 Å². The third-order valence-corrected chi connectivity index (χ3v) is 5.05. The lowest BCUT2D eigenvalue weighted by Crippen LogP contribution is -2.49. The maximum atomic E-state index is 12.6. The van der Waals surface area contributed by atoms with Gasteiger partial charge in [-0.2, -0.15) is 0 Å². The molecule has 0 bridgehead atoms. The van der Waals surface area contributed by atoms with Crippen LogP contribution >= 0.6 is 0 Å². The van der Waals surface area contributed by atoms with E-state index in [2.05, 4.69) is 4.90 Å². The Morgan fingerprint density at radius 1 is 0.964 bits per heavy atom. The lowest BCUT2D eigenvalue weighted by molar-refractivity contribution is -0.140. The van der Waals surface area contributed by atoms with Crippen LogP contribution in [0.2, 0.25) is 0 Å². The molecule has 1 aliphatic heterocycles. The SMILES string of the molecule is COc1ccccc1N1CCN(C(=O)CC(=O)N(C)Cc2ccccc2)CC1. The second-order valence-electron chi connectivity index (χ2n) is 6.95. The Balaban J connectivity index is 1.50. The summed E-state index contributed by atoms with van der Waals surface area (Å²) in [6.07, 6.45) is -0.0853. The highest BCUT2D eigenvalue weighted by atomic mass is 16.5. The highest BCUT2D eigenvalue weighted by Gasteiger charge is 2.25. The minimum Gasteiger partial charge on any atom is -0.495 e. The van der Waals surface area contributed by atoms with E-state index in [1.165, 1.54) is 0 Å². The van der Waals surface area contributed by atoms with E-state index < -0.39 is 0 Å². The van der Waals surface area contributed by atoms with Crippen molar-refractivity contribution in [3.8, 4) is 5.75 Å². The number of benzene rings is 2. The van der Waals surface area contributed by atoms with E-state index in [0.717, 1.165) is 30.1 Å². The van der Waals surface area contributed by atoms with Crippen LogP contribution in [0.4, 0.5) is 5.69 Å². The third-order valence-electron chi connectivity index (χ3n) is 5.05. The summed E-state index contributed by atoms with van der Waals surface area (Å²) >= 11 is 0. The highest BCUT2D eigenvalue weighted by Crippen LogP contribution is 2.28. The van der Waals surface area contributed by atoms with Crippen molar-refractivity contribution in [2.45, 2.75) is 13.0 Å². The number of methoxy groups -OCH3 is 1. The molecule has 1 fully saturated rings. The summed E-state index contributed by atoms with van der Waals surface area (Å²) in [6, 6.07) is 17.7. The number of nitrogens with zero attached hydrogens (tertiary/aromatic N) is 3. The van der Waals surface area contributed by atoms with Crippen LogP contribution in [0.15, 0.2) is 54.6 Å². The van der Waals surface area contributed by atoms with E-state index in [9.17, 15) is 9.59 Å². The maximum absolute atomic E-state index is 12.6. The standard InChI is InChI=1S/C22H27N3O3/c1-23(17-18-8-4-3-5-9-18)21(26)16-22(27)25-14-12-24(13-15-25)19-10-6-7-11-20(19)28-2/h3-11H,12-17H2,1-2H3. The van der Waals surface area contributed by atoms with Crippen molar-refractivity contribution in [2.24, 2.45) is 0 Å². The molecule has 6 heteroatoms. The molecule has 0 unspecified atom stereocenters. The fourth-order valence-electron chi connectivity index (χ4n) is 3.41. The average molecular weight is 381 g/mol. The second-order valence-corrected chi connectivity index (χ2v) is 6.95. The molecule has 0 radical (unpaired) electrons. The van der Waals surface area contributed by atoms with Crippen LogP contribution in [0, 0.1) is 0 Å². The molecule has 2 aromatic rings. The lowest BCUT2D eigenvalue weighted by atomic mass is 10.2. The van der Waals surface area contributed by atoms with Crippen LogP contribution in [0.25, 0.3) is 0 Å². The minimum absolute atomic E-state index is 0.0853. The summed E-state index contributed by atoms with van der Waals surface area (Å²) in [7, 11) is 3.40. The topological polar surface area (TPSA) is 53.1 Å². The Kier molecular flexibility index (Phi) is 6.53. The largest absolute Gasteiger partial charge is 0.495 e. The number of carbonyl (C=O) groups is 2. The summed E-state index contributed by atoms with van der Waals surface area (Å²) in [5, 5.41) is 0. The van der Waals surface area contributed by atoms with Gasteiger partial charge >= 0.3 is 0 Å². The molecule has 3 rings (SSSR count). The molecule has 0 saturated carbocycles. The Labute approximate surface area is 166 Å². The summed E-state index contributed by atoms with van der Waals surface area (Å²) < 4.78 is 5.43. The zero-order chi connectivity index (χ0) is 19.9. The van der Waals surface area contributed by atoms with Gasteiger partial charge in [-0.15, -0.1) is 0 Å². The number of ether oxygens (including phenoxy) is 1. The van der Waals surface area contributed by atoms with Crippen molar-refractivity contribution < 1.29 is 14.3 Å². The molecule has 1 heterocycles. The molecule has 0 aromatic heterocycles. The molecule has 1 aliphatic rings. The van der Waals surface area contributed by atoms with E-state index in [1.807, 2.05) is 54.6 Å². The minimum atomic E-state index is -0.152. The number of anilines is 1. The molecule has 2 aromatic carbocycles. The van der Waals surface area contributed by atoms with Gasteiger partial charge in [0.1, 0.15) is 12.2 Å². The third kappa shape index (κ3) is 4.82. The zero-order valence-electron chi connectivity index (χ0n) is 16.5. The fourth-order valence-corrected chi connectivity index (χ4v) is 3.41. The van der Waals surface area contributed by atoms with Crippen LogP contribution in [0.5, 0.6) is 5.75 Å². The molecule has 1 saturated heterocycles. The zero-order valence-corrected chi connectivity index (χ0v) is 16.5. The van der Waals surface area contributed by atoms with Crippen LogP contribution in [-0.2, 0) is 16.1 Å². The maximum Gasteiger partial charge on any atom is 0.232 e. The molecule has 0 spiro atoms. The highest BCUT2D eigenvalue weighted by molar-refractivity contribution is 5.96. The summed E-state index contributed by atoms with van der Waals surface area (Å²) in [5.74, 6) is 0.575. The van der Waals surface area contributed by atoms with Crippen LogP contribution in [-0.4, -0.2) is 62.0 Å². The first-order valence-electron chi connectivity index (χ1n) is 9.52. The first kappa shape index (κ1) is 19.7. The molecule has 148 valence electrons. The van der Waals surface area contributed by atoms with Crippen LogP contribution in [0.1, 0.15) is 12.0 Å². The van der Waals surface area contributed by atoms with Gasteiger partial charge in [-0.25, -0.2) is 0 Å². The van der Waals surface area contributed by atoms with Gasteiger partial charge in [0, 0.05) is 39.8 Å². The van der Waals surface area contributed by atoms with Crippen LogP contribution in [0.3, 0.4) is 0 Å². The van der Waals surface area contributed by atoms with Crippen molar-refractivity contribution in [1.29, 1.82) is 0 Å². The van der Waals surface area contributed by atoms with Gasteiger partial charge in [-0.05, 0) is 17.7 Å². The van der Waals surface area contributed by atoms with Gasteiger partial charge in [0.05, 0.1) is 12.8 Å². The van der Waals surface area contributed by atoms with Crippen LogP contribution < -0.4 is 9.64 Å². The van der Waals surface area contributed by atoms with Crippen molar-refractivity contribution >= 4 is 17.5 Å². The summed E-state index contributed by atoms with van der Waals surface area (Å²) in [5.41, 5.74) is 2.09. The number of hydrogen-bond donors (Lipinski definition) is 0. The number of rotatable bonds is 6. The first-order valence-corrected chi connectivity index (χ1v) is 9.52. The Morgan fingerprint density at radius 3 is 2.29 bits per heavy atom. The quantitative estimate of drug-likeness (QED) is 0.721. The second kappa shape index (κ2) is 9.26. The predicted octanol–water partition coefficient (Wildman–Crippen LogP) is 2.39. The van der Waals surface area contributed by atoms with Gasteiger partial charge in [0.25, 0.3) is 0 Å². The van der Waals surface area contributed by atoms with Crippen molar-refractivity contribution in [1.82, 2.24) is 9.80 Å². The van der Waals surface area contributed by atoms with E-state index >= 15 is 0 Å². The number of carbonyl (C=O) groups excluding carboxylic acids is 2. The number of amides is 2. The summed E-state index contributed by atoms with van der Waals surface area (Å²) in [6.45, 7) is 3.16. The molecular formula is C22H27N3O3. The fraction of sp³-hybridized carbons (Fsp3) is 0.364. The monoisotopic (exact) mass is 381 g/mol. The van der Waals surface area contributed by atoms with Gasteiger partial charge in [-0.1, -0.05) is 42.5 Å². The number of hydrogen-bond acceptors (Lipinski definition) is 4. The first-order chi connectivity index (χ1) is 13.6. The molecule has 0 N–H and O–H groups in total. The molecule has 0 atom stereocenters. The normalized spacial score (nSPS) is 13.9. The lowest BCUT2D eigenvalue weighted by Gasteiger charge is -2.36. The summed E-state index contributed by atoms with van der Waals surface area (Å²) in [4.78, 5) is 30.6. The van der Waals surface area contributed by atoms with E-state index in [-0.39, 0.29) is 18.2 Å². The number of piperazine rings is 1. The molecule has 28 heavy (non-hydrogen) atoms. The number of para-hydroxylation sites is 2. The van der Waals surface area contributed by atoms with Gasteiger partial charge < -0.3 is 19.4 Å². The predicted molar refractivity (Wildman–Crippen MR) is 109 cm³/mol. The molecule has 6 nitrogen and oxygen atoms in total. The molecular weight excluding hydrogens is 354 g/mol. The molecule has 0 aliphatic carbocycles. The van der Waals surface area contributed by atoms with Gasteiger partial charge in [-0.3, -0.25) is 9.59 Å². The Morgan fingerprint density at radius 2 is 1.61 bits per heavy atom. The van der Waals surface area contributed by atoms with Crippen molar-refractivity contribution in [3.63, 3.8) is 0 Å². The Hall–Kier alpha value is -3.02. The van der Waals surface area contributed by atoms with E-state index in [0.29, 0.717) is 19.6 Å². The average Bonchev–Trinajstić information content (AvgIpc) is 2.74. The molecule has 2 amide bonds.